The van der Waals surface area contributed by atoms with Gasteiger partial charge in [0.1, 0.15) is 36.8 Å². The summed E-state index contributed by atoms with van der Waals surface area (Å²) >= 11 is 8.04. The van der Waals surface area contributed by atoms with E-state index in [0.717, 1.165) is 11.0 Å². The van der Waals surface area contributed by atoms with Crippen LogP contribution in [0.2, 0.25) is 0 Å². The number of aromatic nitrogens is 8. The quantitative estimate of drug-likeness (QED) is 0.167. The van der Waals surface area contributed by atoms with Crippen molar-refractivity contribution >= 4 is 60.9 Å². The Morgan fingerprint density at radius 1 is 1.00 bits per heavy atom. The maximum Gasteiger partial charge on any atom is 0.386 e. The van der Waals surface area contributed by atoms with E-state index in [4.69, 9.17) is 33.3 Å². The van der Waals surface area contributed by atoms with Crippen LogP contribution in [0.15, 0.2) is 35.8 Å². The number of anilines is 1. The molecule has 0 saturated carbocycles. The average molecular weight is 694 g/mol. The molecule has 7 heterocycles. The number of nitrogens with zero attached hydrogens (tertiary/aromatic N) is 8. The molecule has 10 atom stereocenters. The Hall–Kier alpha value is -2.49. The van der Waals surface area contributed by atoms with Gasteiger partial charge in [0, 0.05) is 24.7 Å². The molecular weight excluding hydrogens is 671 g/mol. The molecule has 3 aliphatic rings. The lowest BCUT2D eigenvalue weighted by molar-refractivity contribution is -0.0589. The maximum absolute atomic E-state index is 15.9. The van der Waals surface area contributed by atoms with E-state index >= 15 is 4.39 Å². The number of hydrogen-bond donors (Lipinski definition) is 4. The molecule has 0 radical (unpaired) electrons. The largest absolute Gasteiger partial charge is 0.387 e. The van der Waals surface area contributed by atoms with Crippen LogP contribution in [0.3, 0.4) is 0 Å². The first-order chi connectivity index (χ1) is 20.9. The summed E-state index contributed by atoms with van der Waals surface area (Å²) in [6.45, 7) is -10.0. The molecule has 3 N–H and O–H groups in total. The van der Waals surface area contributed by atoms with Gasteiger partial charge < -0.3 is 20.3 Å². The molecule has 19 nitrogen and oxygen atoms in total. The molecule has 0 aliphatic carbocycles. The summed E-state index contributed by atoms with van der Waals surface area (Å²) in [5, 5.41) is 18.8. The number of nitrogen functional groups attached to an aromatic ring is 1. The Kier molecular flexibility index (Phi) is 7.61. The van der Waals surface area contributed by atoms with Crippen LogP contribution >= 0.6 is 38.1 Å². The monoisotopic (exact) mass is 693 g/mol. The number of halogens is 1. The maximum atomic E-state index is 15.9. The fraction of sp³-hybridized carbons (Fsp3) is 0.500. The Morgan fingerprint density at radius 3 is 2.48 bits per heavy atom. The van der Waals surface area contributed by atoms with Gasteiger partial charge in [0.05, 0.1) is 13.2 Å². The summed E-state index contributed by atoms with van der Waals surface area (Å²) in [4.78, 5) is 24.2. The Bertz CT molecular complexity index is 1900. The number of aliphatic hydroxyl groups is 1. The lowest BCUT2D eigenvalue weighted by atomic mass is 10.1. The molecule has 0 spiro atoms. The van der Waals surface area contributed by atoms with Gasteiger partial charge in [0.2, 0.25) is 5.78 Å². The second-order valence-electron chi connectivity index (χ2n) is 9.86. The zero-order valence-corrected chi connectivity index (χ0v) is 25.4. The summed E-state index contributed by atoms with van der Waals surface area (Å²) < 4.78 is 80.1. The van der Waals surface area contributed by atoms with Crippen LogP contribution < -0.4 is 11.3 Å². The van der Waals surface area contributed by atoms with E-state index in [9.17, 15) is 19.0 Å². The normalized spacial score (nSPS) is 38.3. The summed E-state index contributed by atoms with van der Waals surface area (Å²) in [7, 11) is 0. The minimum absolute atomic E-state index is 0.00817. The molecule has 3 aliphatic heterocycles. The van der Waals surface area contributed by atoms with Crippen LogP contribution in [-0.2, 0) is 36.7 Å². The Balaban J connectivity index is 1.21. The second-order valence-corrected chi connectivity index (χ2v) is 15.6. The highest BCUT2D eigenvalue weighted by Crippen LogP contribution is 2.60. The standard InChI is InChI=1S/C20H22FN9O10P2S2/c21-11-14-9(38-18(11)30-17-12(26-27-30)16(22)24-7-25-17)6-36-42(34,44)40-15-13(32)8(5-35-41(33,43)39-14)37-19(15)29-3-1-10(31)28-4-2-23-20(28)29/h1-4,7-9,11,13-15,18-19,32H,5-6H2,(H,33,43)(H,34,44)(H2,22,24,25)/t8-,9-,11+,13-,14-,15-,18-,19-,41?,42?/m1/s1. The van der Waals surface area contributed by atoms with E-state index in [1.165, 1.54) is 33.6 Å². The van der Waals surface area contributed by atoms with Crippen molar-refractivity contribution in [3.8, 4) is 0 Å². The molecule has 7 rings (SSSR count). The van der Waals surface area contributed by atoms with Crippen molar-refractivity contribution in [1.29, 1.82) is 0 Å². The molecule has 2 unspecified atom stereocenters. The van der Waals surface area contributed by atoms with Crippen LogP contribution in [0.4, 0.5) is 10.2 Å². The predicted octanol–water partition coefficient (Wildman–Crippen LogP) is 0.700. The highest BCUT2D eigenvalue weighted by Gasteiger charge is 2.54. The zero-order valence-electron chi connectivity index (χ0n) is 21.9. The number of aliphatic hydroxyl groups excluding tert-OH is 1. The third kappa shape index (κ3) is 5.26. The van der Waals surface area contributed by atoms with E-state index in [-0.39, 0.29) is 22.8 Å². The number of rotatable bonds is 2. The highest BCUT2D eigenvalue weighted by molar-refractivity contribution is 8.44. The molecule has 24 heteroatoms. The van der Waals surface area contributed by atoms with Crippen molar-refractivity contribution in [1.82, 2.24) is 38.9 Å². The van der Waals surface area contributed by atoms with Crippen molar-refractivity contribution in [3.63, 3.8) is 0 Å². The van der Waals surface area contributed by atoms with E-state index in [1.54, 1.807) is 0 Å². The number of hydrogen-bond acceptors (Lipinski definition) is 16. The Labute approximate surface area is 255 Å². The van der Waals surface area contributed by atoms with Crippen LogP contribution in [0.25, 0.3) is 16.9 Å². The van der Waals surface area contributed by atoms with E-state index in [0.29, 0.717) is 0 Å². The first-order valence-electron chi connectivity index (χ1n) is 12.7. The van der Waals surface area contributed by atoms with Gasteiger partial charge in [0.15, 0.2) is 35.6 Å². The molecule has 0 aromatic carbocycles. The topological polar surface area (TPSA) is 232 Å². The molecule has 4 aromatic rings. The first kappa shape index (κ1) is 30.2. The minimum atomic E-state index is -4.39. The third-order valence-electron chi connectivity index (χ3n) is 7.17. The van der Waals surface area contributed by atoms with Crippen LogP contribution in [-0.4, -0.2) is 93.9 Å². The van der Waals surface area contributed by atoms with Crippen molar-refractivity contribution in [3.05, 3.63) is 41.3 Å². The van der Waals surface area contributed by atoms with E-state index in [1.807, 2.05) is 0 Å². The first-order valence-corrected chi connectivity index (χ1v) is 18.1. The van der Waals surface area contributed by atoms with Crippen LogP contribution in [0, 0.1) is 0 Å². The van der Waals surface area contributed by atoms with Gasteiger partial charge in [-0.05, 0) is 0 Å². The zero-order chi connectivity index (χ0) is 31.0. The molecule has 3 fully saturated rings. The molecule has 3 saturated heterocycles. The lowest BCUT2D eigenvalue weighted by Gasteiger charge is -2.27. The number of thiol groups is 2. The molecule has 4 aromatic heterocycles. The van der Waals surface area contributed by atoms with Gasteiger partial charge in [-0.25, -0.2) is 28.5 Å². The predicted molar refractivity (Wildman–Crippen MR) is 151 cm³/mol. The van der Waals surface area contributed by atoms with Crippen molar-refractivity contribution in [2.45, 2.75) is 49.1 Å². The summed E-state index contributed by atoms with van der Waals surface area (Å²) in [6.07, 6.45) is -6.95. The molecular formula is C20H22FN9O10P2S2. The van der Waals surface area contributed by atoms with Gasteiger partial charge in [-0.15, -0.1) is 5.10 Å². The minimum Gasteiger partial charge on any atom is -0.387 e. The lowest BCUT2D eigenvalue weighted by Crippen LogP contribution is -2.35. The fourth-order valence-corrected chi connectivity index (χ4v) is 8.09. The second kappa shape index (κ2) is 11.1. The van der Waals surface area contributed by atoms with E-state index < -0.39 is 81.5 Å². The summed E-state index contributed by atoms with van der Waals surface area (Å²) in [6, 6.07) is 1.22. The number of imidazole rings is 1. The fourth-order valence-electron chi connectivity index (χ4n) is 5.15. The van der Waals surface area contributed by atoms with Crippen molar-refractivity contribution in [2.75, 3.05) is 18.9 Å². The van der Waals surface area contributed by atoms with Crippen LogP contribution in [0.5, 0.6) is 0 Å². The molecule has 236 valence electrons. The number of alkyl halides is 1. The SMILES string of the molecule is Nc1ncnc2c1nnn2[C@@H]1O[C@@H]2COP(=O)(S)O[C@@H]3[C@H](O)[C@@H](COP(=O)(S)O[C@H]2[C@@H]1F)O[C@H]3n1ccc(=O)n2ccnc12. The number of ether oxygens (including phenoxy) is 2. The van der Waals surface area contributed by atoms with Gasteiger partial charge >= 0.3 is 13.6 Å². The van der Waals surface area contributed by atoms with Gasteiger partial charge in [-0.2, -0.15) is 4.68 Å². The Morgan fingerprint density at radius 2 is 1.70 bits per heavy atom. The third-order valence-corrected chi connectivity index (χ3v) is 10.4. The number of nitrogens with two attached hydrogens (primary N) is 1. The van der Waals surface area contributed by atoms with Crippen LogP contribution in [0.1, 0.15) is 12.5 Å². The highest BCUT2D eigenvalue weighted by atomic mass is 32.7. The molecule has 2 bridgehead atoms. The molecule has 0 amide bonds. The average Bonchev–Trinajstić information content (AvgIpc) is 3.75. The van der Waals surface area contributed by atoms with Gasteiger partial charge in [-0.1, -0.05) is 29.7 Å². The molecule has 44 heavy (non-hydrogen) atoms. The van der Waals surface area contributed by atoms with Crippen molar-refractivity contribution < 1.29 is 46.2 Å². The van der Waals surface area contributed by atoms with Gasteiger partial charge in [0.25, 0.3) is 5.56 Å². The van der Waals surface area contributed by atoms with Gasteiger partial charge in [-0.3, -0.25) is 31.9 Å². The number of fused-ring (bicyclic) bond motifs is 5. The smallest absolute Gasteiger partial charge is 0.386 e. The summed E-state index contributed by atoms with van der Waals surface area (Å²) in [5.41, 5.74) is 5.53. The van der Waals surface area contributed by atoms with E-state index in [2.05, 4.69) is 49.8 Å². The summed E-state index contributed by atoms with van der Waals surface area (Å²) in [5.74, 6) is 0.102. The van der Waals surface area contributed by atoms with Crippen molar-refractivity contribution in [2.24, 2.45) is 0 Å².